The fourth-order valence-electron chi connectivity index (χ4n) is 4.27. The number of fused-ring (bicyclic) bond motifs is 1. The normalized spacial score (nSPS) is 17.0. The zero-order valence-electron chi connectivity index (χ0n) is 18.8. The van der Waals surface area contributed by atoms with E-state index in [1.54, 1.807) is 26.4 Å². The van der Waals surface area contributed by atoms with Crippen LogP contribution in [0.5, 0.6) is 11.5 Å². The number of hydrogen-bond donors (Lipinski definition) is 1. The number of ether oxygens (including phenoxy) is 2. The molecule has 1 atom stereocenters. The Morgan fingerprint density at radius 3 is 2.39 bits per heavy atom. The lowest BCUT2D eigenvalue weighted by Crippen LogP contribution is -2.45. The molecule has 0 unspecified atom stereocenters. The second-order valence-corrected chi connectivity index (χ2v) is 10.0. The van der Waals surface area contributed by atoms with Gasteiger partial charge in [0.05, 0.1) is 37.1 Å². The molecule has 0 aromatic heterocycles. The van der Waals surface area contributed by atoms with Gasteiger partial charge in [0.15, 0.2) is 0 Å². The molecule has 33 heavy (non-hydrogen) atoms. The van der Waals surface area contributed by atoms with Gasteiger partial charge in [-0.15, -0.1) is 0 Å². The maximum absolute atomic E-state index is 13.3. The molecule has 1 N–H and O–H groups in total. The summed E-state index contributed by atoms with van der Waals surface area (Å²) >= 11 is 0. The summed E-state index contributed by atoms with van der Waals surface area (Å²) in [5.41, 5.74) is 0.743. The summed E-state index contributed by atoms with van der Waals surface area (Å²) < 4.78 is 38.8. The lowest BCUT2D eigenvalue weighted by Gasteiger charge is -2.31. The minimum atomic E-state index is -3.70. The molecule has 3 aromatic rings. The van der Waals surface area contributed by atoms with Crippen LogP contribution in [-0.4, -0.2) is 45.9 Å². The summed E-state index contributed by atoms with van der Waals surface area (Å²) in [6, 6.07) is 18.2. The van der Waals surface area contributed by atoms with E-state index in [2.05, 4.69) is 5.32 Å². The minimum Gasteiger partial charge on any atom is -0.496 e. The molecule has 1 fully saturated rings. The van der Waals surface area contributed by atoms with Crippen molar-refractivity contribution in [2.75, 3.05) is 27.3 Å². The highest BCUT2D eigenvalue weighted by Gasteiger charge is 2.33. The topological polar surface area (TPSA) is 84.9 Å². The maximum atomic E-state index is 13.3. The van der Waals surface area contributed by atoms with Gasteiger partial charge in [-0.2, -0.15) is 4.31 Å². The lowest BCUT2D eigenvalue weighted by atomic mass is 9.98. The highest BCUT2D eigenvalue weighted by Crippen LogP contribution is 2.29. The second kappa shape index (κ2) is 9.80. The molecule has 0 radical (unpaired) electrons. The Hall–Kier alpha value is -3.10. The van der Waals surface area contributed by atoms with E-state index < -0.39 is 15.9 Å². The second-order valence-electron chi connectivity index (χ2n) is 8.07. The highest BCUT2D eigenvalue weighted by molar-refractivity contribution is 7.89. The van der Waals surface area contributed by atoms with Crippen molar-refractivity contribution in [1.29, 1.82) is 0 Å². The van der Waals surface area contributed by atoms with E-state index in [0.717, 1.165) is 16.3 Å². The van der Waals surface area contributed by atoms with E-state index in [-0.39, 0.29) is 23.9 Å². The van der Waals surface area contributed by atoms with Crippen LogP contribution in [0.4, 0.5) is 0 Å². The summed E-state index contributed by atoms with van der Waals surface area (Å²) in [5.74, 6) is 0.647. The monoisotopic (exact) mass is 468 g/mol. The minimum absolute atomic E-state index is 0.157. The van der Waals surface area contributed by atoms with Gasteiger partial charge in [-0.25, -0.2) is 8.42 Å². The Bertz CT molecular complexity index is 1240. The van der Waals surface area contributed by atoms with Crippen molar-refractivity contribution in [3.8, 4) is 11.5 Å². The third-order valence-corrected chi connectivity index (χ3v) is 7.94. The standard InChI is InChI=1S/C25H28N2O5S/c1-31-23-10-5-11-24(32-2)22(23)16-26-25(28)20-9-6-14-27(17-20)33(29,30)21-13-12-18-7-3-4-8-19(18)15-21/h3-5,7-8,10-13,15,20H,6,9,14,16-17H2,1-2H3,(H,26,28)/t20-/m0/s1. The van der Waals surface area contributed by atoms with E-state index >= 15 is 0 Å². The Balaban J connectivity index is 1.47. The van der Waals surface area contributed by atoms with E-state index in [4.69, 9.17) is 9.47 Å². The van der Waals surface area contributed by atoms with Crippen LogP contribution in [0.2, 0.25) is 0 Å². The van der Waals surface area contributed by atoms with Crippen LogP contribution >= 0.6 is 0 Å². The molecular weight excluding hydrogens is 440 g/mol. The van der Waals surface area contributed by atoms with Gasteiger partial charge in [-0.05, 0) is 47.9 Å². The molecule has 4 rings (SSSR count). The number of carbonyl (C=O) groups excluding carboxylic acids is 1. The van der Waals surface area contributed by atoms with Crippen molar-refractivity contribution in [3.05, 3.63) is 66.2 Å². The Morgan fingerprint density at radius 2 is 1.70 bits per heavy atom. The maximum Gasteiger partial charge on any atom is 0.243 e. The number of amides is 1. The van der Waals surface area contributed by atoms with Crippen molar-refractivity contribution in [2.24, 2.45) is 5.92 Å². The summed E-state index contributed by atoms with van der Waals surface area (Å²) in [4.78, 5) is 13.2. The van der Waals surface area contributed by atoms with E-state index in [1.165, 1.54) is 4.31 Å². The van der Waals surface area contributed by atoms with Crippen LogP contribution in [0.15, 0.2) is 65.6 Å². The third kappa shape index (κ3) is 4.82. The Morgan fingerprint density at radius 1 is 1.00 bits per heavy atom. The number of carbonyl (C=O) groups is 1. The molecule has 1 saturated heterocycles. The van der Waals surface area contributed by atoms with Crippen molar-refractivity contribution in [1.82, 2.24) is 9.62 Å². The summed E-state index contributed by atoms with van der Waals surface area (Å²) in [6.45, 7) is 0.795. The molecule has 0 bridgehead atoms. The van der Waals surface area contributed by atoms with Crippen LogP contribution in [0.25, 0.3) is 10.8 Å². The fourth-order valence-corrected chi connectivity index (χ4v) is 5.83. The number of sulfonamides is 1. The van der Waals surface area contributed by atoms with Gasteiger partial charge in [0.2, 0.25) is 15.9 Å². The van der Waals surface area contributed by atoms with Crippen molar-refractivity contribution in [3.63, 3.8) is 0 Å². The predicted molar refractivity (Wildman–Crippen MR) is 127 cm³/mol. The van der Waals surface area contributed by atoms with Crippen molar-refractivity contribution < 1.29 is 22.7 Å². The predicted octanol–water partition coefficient (Wildman–Crippen LogP) is 3.57. The molecule has 7 nitrogen and oxygen atoms in total. The zero-order chi connectivity index (χ0) is 23.4. The quantitative estimate of drug-likeness (QED) is 0.573. The van der Waals surface area contributed by atoms with Crippen molar-refractivity contribution >= 4 is 26.7 Å². The number of hydrogen-bond acceptors (Lipinski definition) is 5. The first kappa shape index (κ1) is 23.1. The summed E-state index contributed by atoms with van der Waals surface area (Å²) in [5, 5.41) is 4.79. The van der Waals surface area contributed by atoms with Gasteiger partial charge in [0.25, 0.3) is 0 Å². The van der Waals surface area contributed by atoms with Crippen LogP contribution < -0.4 is 14.8 Å². The molecule has 1 heterocycles. The molecule has 0 saturated carbocycles. The van der Waals surface area contributed by atoms with Crippen LogP contribution in [0.3, 0.4) is 0 Å². The van der Waals surface area contributed by atoms with Gasteiger partial charge in [-0.3, -0.25) is 4.79 Å². The average molecular weight is 469 g/mol. The number of rotatable bonds is 7. The number of piperidine rings is 1. The number of nitrogens with zero attached hydrogens (tertiary/aromatic N) is 1. The Labute approximate surface area is 194 Å². The summed E-state index contributed by atoms with van der Waals surface area (Å²) in [6.07, 6.45) is 1.27. The van der Waals surface area contributed by atoms with Crippen LogP contribution in [0, 0.1) is 5.92 Å². The van der Waals surface area contributed by atoms with E-state index in [9.17, 15) is 13.2 Å². The molecule has 0 aliphatic carbocycles. The van der Waals surface area contributed by atoms with E-state index in [0.29, 0.717) is 30.9 Å². The first-order chi connectivity index (χ1) is 15.9. The SMILES string of the molecule is COc1cccc(OC)c1CNC(=O)[C@H]1CCCN(S(=O)(=O)c2ccc3ccccc3c2)C1. The fraction of sp³-hybridized carbons (Fsp3) is 0.320. The van der Waals surface area contributed by atoms with E-state index in [1.807, 2.05) is 48.5 Å². The molecule has 1 amide bonds. The largest absolute Gasteiger partial charge is 0.496 e. The first-order valence-electron chi connectivity index (χ1n) is 10.9. The highest BCUT2D eigenvalue weighted by atomic mass is 32.2. The molecule has 3 aromatic carbocycles. The first-order valence-corrected chi connectivity index (χ1v) is 12.3. The smallest absolute Gasteiger partial charge is 0.243 e. The van der Waals surface area contributed by atoms with Gasteiger partial charge >= 0.3 is 0 Å². The van der Waals surface area contributed by atoms with Crippen LogP contribution in [0.1, 0.15) is 18.4 Å². The molecule has 1 aliphatic heterocycles. The molecular formula is C25H28N2O5S. The van der Waals surface area contributed by atoms with Gasteiger partial charge in [0.1, 0.15) is 11.5 Å². The van der Waals surface area contributed by atoms with Gasteiger partial charge in [0, 0.05) is 13.1 Å². The van der Waals surface area contributed by atoms with Crippen LogP contribution in [-0.2, 0) is 21.4 Å². The Kier molecular flexibility index (Phi) is 6.85. The lowest BCUT2D eigenvalue weighted by molar-refractivity contribution is -0.126. The zero-order valence-corrected chi connectivity index (χ0v) is 19.6. The van der Waals surface area contributed by atoms with Gasteiger partial charge in [-0.1, -0.05) is 36.4 Å². The third-order valence-electron chi connectivity index (χ3n) is 6.08. The number of benzene rings is 3. The van der Waals surface area contributed by atoms with Gasteiger partial charge < -0.3 is 14.8 Å². The van der Waals surface area contributed by atoms with Crippen molar-refractivity contribution in [2.45, 2.75) is 24.3 Å². The number of methoxy groups -OCH3 is 2. The molecule has 1 aliphatic rings. The number of nitrogens with one attached hydrogen (secondary N) is 1. The molecule has 8 heteroatoms. The molecule has 174 valence electrons. The summed E-state index contributed by atoms with van der Waals surface area (Å²) in [7, 11) is -0.563. The average Bonchev–Trinajstić information content (AvgIpc) is 2.86. The molecule has 0 spiro atoms.